The van der Waals surface area contributed by atoms with E-state index in [1.165, 1.54) is 6.07 Å². The molecule has 3 aromatic carbocycles. The zero-order valence-electron chi connectivity index (χ0n) is 20.7. The molecule has 0 atom stereocenters. The van der Waals surface area contributed by atoms with Crippen LogP contribution in [0.15, 0.2) is 54.6 Å². The van der Waals surface area contributed by atoms with Crippen molar-refractivity contribution in [3.63, 3.8) is 0 Å². The van der Waals surface area contributed by atoms with Crippen LogP contribution in [0.3, 0.4) is 0 Å². The number of nitrogens with one attached hydrogen (secondary N) is 1. The molecule has 0 amide bonds. The van der Waals surface area contributed by atoms with Crippen molar-refractivity contribution in [2.75, 3.05) is 18.9 Å². The Morgan fingerprint density at radius 1 is 1.05 bits per heavy atom. The van der Waals surface area contributed by atoms with Crippen LogP contribution in [0, 0.1) is 17.0 Å². The van der Waals surface area contributed by atoms with Crippen LogP contribution < -0.4 is 5.73 Å². The molecule has 4 N–H and O–H groups in total. The highest BCUT2D eigenvalue weighted by atomic mass is 19.2. The van der Waals surface area contributed by atoms with Crippen molar-refractivity contribution in [1.29, 1.82) is 5.41 Å². The zero-order chi connectivity index (χ0) is 26.7. The average molecular weight is 506 g/mol. The van der Waals surface area contributed by atoms with Gasteiger partial charge < -0.3 is 25.6 Å². The summed E-state index contributed by atoms with van der Waals surface area (Å²) in [5, 5.41) is 17.9. The van der Waals surface area contributed by atoms with Crippen molar-refractivity contribution < 1.29 is 23.4 Å². The number of aromatic carboxylic acids is 1. The second-order valence-corrected chi connectivity index (χ2v) is 8.61. The van der Waals surface area contributed by atoms with Crippen LogP contribution in [0.1, 0.15) is 54.2 Å². The maximum atomic E-state index is 14.4. The summed E-state index contributed by atoms with van der Waals surface area (Å²) in [5.41, 5.74) is 11.0. The highest BCUT2D eigenvalue weighted by molar-refractivity contribution is 6.05. The Balaban J connectivity index is 0.00000156. The largest absolute Gasteiger partial charge is 0.478 e. The molecule has 1 aliphatic heterocycles. The van der Waals surface area contributed by atoms with Gasteiger partial charge in [-0.3, -0.25) is 0 Å². The van der Waals surface area contributed by atoms with Crippen molar-refractivity contribution in [2.24, 2.45) is 0 Å². The van der Waals surface area contributed by atoms with Gasteiger partial charge in [0.25, 0.3) is 0 Å². The second-order valence-electron chi connectivity index (χ2n) is 8.61. The molecule has 1 aromatic heterocycles. The normalized spacial score (nSPS) is 13.7. The Labute approximate surface area is 213 Å². The molecule has 192 valence electrons. The molecule has 0 saturated carbocycles. The third-order valence-electron chi connectivity index (χ3n) is 6.55. The maximum absolute atomic E-state index is 14.4. The molecule has 37 heavy (non-hydrogen) atoms. The van der Waals surface area contributed by atoms with Gasteiger partial charge in [-0.15, -0.1) is 0 Å². The molecule has 1 fully saturated rings. The van der Waals surface area contributed by atoms with E-state index in [9.17, 15) is 18.7 Å². The van der Waals surface area contributed by atoms with Crippen molar-refractivity contribution in [3.05, 3.63) is 83.1 Å². The summed E-state index contributed by atoms with van der Waals surface area (Å²) in [6.45, 7) is 5.13. The topological polar surface area (TPSA) is 101 Å². The van der Waals surface area contributed by atoms with Gasteiger partial charge in [0.1, 0.15) is 0 Å². The molecule has 0 radical (unpaired) electrons. The standard InChI is InChI=1S/C27H23F2N3O3.C2H6/c28-21-6-5-19(12-22(21)29)32-24-11-18(14-30)23(31)13-20(24)25(26(32)16-7-9-35-10-8-16)15-1-3-17(4-2-15)27(33)34;1-2/h1-6,11-14,16,30H,7-10,31H2,(H,33,34);1-2H3. The number of halogens is 2. The first-order chi connectivity index (χ1) is 17.9. The summed E-state index contributed by atoms with van der Waals surface area (Å²) in [5.74, 6) is -2.88. The summed E-state index contributed by atoms with van der Waals surface area (Å²) in [4.78, 5) is 11.4. The van der Waals surface area contributed by atoms with E-state index in [2.05, 4.69) is 0 Å². The molecular weight excluding hydrogens is 476 g/mol. The van der Waals surface area contributed by atoms with E-state index >= 15 is 0 Å². The quantitative estimate of drug-likeness (QED) is 0.206. The number of rotatable bonds is 5. The highest BCUT2D eigenvalue weighted by Gasteiger charge is 2.28. The Morgan fingerprint density at radius 3 is 2.32 bits per heavy atom. The number of carboxylic acids is 1. The zero-order valence-corrected chi connectivity index (χ0v) is 20.7. The van der Waals surface area contributed by atoms with Gasteiger partial charge in [0.15, 0.2) is 11.6 Å². The van der Waals surface area contributed by atoms with Crippen molar-refractivity contribution in [2.45, 2.75) is 32.6 Å². The smallest absolute Gasteiger partial charge is 0.335 e. The molecule has 1 aliphatic rings. The monoisotopic (exact) mass is 505 g/mol. The maximum Gasteiger partial charge on any atom is 0.335 e. The number of ether oxygens (including phenoxy) is 1. The van der Waals surface area contributed by atoms with Crippen LogP contribution in [0.4, 0.5) is 14.5 Å². The number of benzene rings is 3. The Kier molecular flexibility index (Phi) is 7.69. The molecule has 2 heterocycles. The number of hydrogen-bond donors (Lipinski definition) is 3. The van der Waals surface area contributed by atoms with Gasteiger partial charge in [-0.25, -0.2) is 13.6 Å². The molecule has 4 aromatic rings. The predicted molar refractivity (Wildman–Crippen MR) is 142 cm³/mol. The van der Waals surface area contributed by atoms with Crippen LogP contribution in [-0.4, -0.2) is 35.1 Å². The van der Waals surface area contributed by atoms with Crippen LogP contribution in [0.25, 0.3) is 27.7 Å². The van der Waals surface area contributed by atoms with E-state index in [0.29, 0.717) is 35.7 Å². The Hall–Kier alpha value is -4.04. The first-order valence-electron chi connectivity index (χ1n) is 12.2. The third-order valence-corrected chi connectivity index (χ3v) is 6.55. The first-order valence-corrected chi connectivity index (χ1v) is 12.2. The third kappa shape index (κ3) is 4.84. The van der Waals surface area contributed by atoms with E-state index < -0.39 is 17.6 Å². The number of nitrogen functional groups attached to an aromatic ring is 1. The number of anilines is 1. The van der Waals surface area contributed by atoms with Crippen LogP contribution in [0.2, 0.25) is 0 Å². The fourth-order valence-electron chi connectivity index (χ4n) is 4.85. The molecule has 0 aliphatic carbocycles. The minimum atomic E-state index is -1.02. The number of hydrogen-bond acceptors (Lipinski definition) is 4. The Morgan fingerprint density at radius 2 is 1.73 bits per heavy atom. The van der Waals surface area contributed by atoms with Gasteiger partial charge in [0.2, 0.25) is 0 Å². The molecule has 1 saturated heterocycles. The van der Waals surface area contributed by atoms with Crippen LogP contribution >= 0.6 is 0 Å². The summed E-state index contributed by atoms with van der Waals surface area (Å²) in [7, 11) is 0. The highest BCUT2D eigenvalue weighted by Crippen LogP contribution is 2.44. The molecule has 6 nitrogen and oxygen atoms in total. The number of nitrogens with zero attached hydrogens (tertiary/aromatic N) is 1. The van der Waals surface area contributed by atoms with E-state index in [4.69, 9.17) is 15.9 Å². The van der Waals surface area contributed by atoms with E-state index in [1.54, 1.807) is 36.4 Å². The summed E-state index contributed by atoms with van der Waals surface area (Å²) in [6, 6.07) is 13.9. The van der Waals surface area contributed by atoms with Crippen LogP contribution in [-0.2, 0) is 4.74 Å². The van der Waals surface area contributed by atoms with Crippen molar-refractivity contribution in [3.8, 4) is 16.8 Å². The lowest BCUT2D eigenvalue weighted by molar-refractivity contribution is 0.0697. The minimum Gasteiger partial charge on any atom is -0.478 e. The number of fused-ring (bicyclic) bond motifs is 1. The molecule has 0 unspecified atom stereocenters. The molecule has 8 heteroatoms. The SMILES string of the molecule is CC.N=Cc1cc2c(cc1N)c(-c1ccc(C(=O)O)cc1)c(C1CCOCC1)n2-c1ccc(F)c(F)c1. The molecule has 0 spiro atoms. The van der Waals surface area contributed by atoms with Crippen molar-refractivity contribution in [1.82, 2.24) is 4.57 Å². The summed E-state index contributed by atoms with van der Waals surface area (Å²) >= 11 is 0. The van der Waals surface area contributed by atoms with Gasteiger partial charge in [-0.1, -0.05) is 26.0 Å². The van der Waals surface area contributed by atoms with E-state index in [0.717, 1.165) is 53.4 Å². The average Bonchev–Trinajstić information content (AvgIpc) is 3.25. The predicted octanol–water partition coefficient (Wildman–Crippen LogP) is 6.77. The number of nitrogens with two attached hydrogens (primary N) is 1. The molecular formula is C29H29F2N3O3. The lowest BCUT2D eigenvalue weighted by atomic mass is 9.89. The lowest BCUT2D eigenvalue weighted by Crippen LogP contribution is -2.17. The fraction of sp³-hybridized carbons (Fsp3) is 0.241. The van der Waals surface area contributed by atoms with Gasteiger partial charge in [0, 0.05) is 65.0 Å². The second kappa shape index (κ2) is 10.9. The van der Waals surface area contributed by atoms with Crippen LogP contribution in [0.5, 0.6) is 0 Å². The Bertz CT molecular complexity index is 1460. The van der Waals surface area contributed by atoms with Gasteiger partial charge in [0.05, 0.1) is 11.1 Å². The number of carbonyl (C=O) groups is 1. The van der Waals surface area contributed by atoms with Gasteiger partial charge >= 0.3 is 5.97 Å². The van der Waals surface area contributed by atoms with Crippen molar-refractivity contribution >= 4 is 28.8 Å². The molecule has 0 bridgehead atoms. The van der Waals surface area contributed by atoms with Gasteiger partial charge in [-0.05, 0) is 54.8 Å². The number of aromatic nitrogens is 1. The van der Waals surface area contributed by atoms with Gasteiger partial charge in [-0.2, -0.15) is 0 Å². The minimum absolute atomic E-state index is 0.0445. The number of carboxylic acid groups (broad SMARTS) is 1. The summed E-state index contributed by atoms with van der Waals surface area (Å²) < 4.78 is 35.7. The van der Waals surface area contributed by atoms with E-state index in [-0.39, 0.29) is 11.5 Å². The molecule has 5 rings (SSSR count). The summed E-state index contributed by atoms with van der Waals surface area (Å²) in [6.07, 6.45) is 2.62. The first kappa shape index (κ1) is 26.0. The fourth-order valence-corrected chi connectivity index (χ4v) is 4.85. The lowest BCUT2D eigenvalue weighted by Gasteiger charge is -2.26. The van der Waals surface area contributed by atoms with E-state index in [1.807, 2.05) is 18.4 Å².